The minimum atomic E-state index is -5.17. The molecule has 1 aliphatic heterocycles. The number of benzene rings is 1. The molecule has 0 aromatic heterocycles. The molecular formula is C21H30N3O8S-. The average Bonchev–Trinajstić information content (AvgIpc) is 3.14. The van der Waals surface area contributed by atoms with Gasteiger partial charge in [-0.15, -0.1) is 0 Å². The van der Waals surface area contributed by atoms with Crippen LogP contribution in [0.1, 0.15) is 38.7 Å². The van der Waals surface area contributed by atoms with Gasteiger partial charge in [-0.3, -0.25) is 9.59 Å². The first kappa shape index (κ1) is 26.6. The minimum absolute atomic E-state index is 0.0186. The highest BCUT2D eigenvalue weighted by Gasteiger charge is 2.35. The largest absolute Gasteiger partial charge is 0.746 e. The zero-order valence-corrected chi connectivity index (χ0v) is 19.3. The Morgan fingerprint density at radius 3 is 2.45 bits per heavy atom. The van der Waals surface area contributed by atoms with Gasteiger partial charge in [0.1, 0.15) is 22.8 Å². The summed E-state index contributed by atoms with van der Waals surface area (Å²) in [6.45, 7) is 3.98. The fourth-order valence-electron chi connectivity index (χ4n) is 3.52. The summed E-state index contributed by atoms with van der Waals surface area (Å²) in [6, 6.07) is 6.27. The van der Waals surface area contributed by atoms with Crippen molar-refractivity contribution in [1.82, 2.24) is 16.0 Å². The van der Waals surface area contributed by atoms with Crippen molar-refractivity contribution in [2.45, 2.75) is 57.2 Å². The number of carbonyl (C=O) groups is 3. The molecule has 11 nitrogen and oxygen atoms in total. The number of alkyl carbamates (subject to hydrolysis) is 1. The van der Waals surface area contributed by atoms with E-state index in [1.54, 1.807) is 24.3 Å². The van der Waals surface area contributed by atoms with Gasteiger partial charge in [0, 0.05) is 12.5 Å². The van der Waals surface area contributed by atoms with Crippen LogP contribution in [0.4, 0.5) is 4.79 Å². The van der Waals surface area contributed by atoms with Gasteiger partial charge in [-0.1, -0.05) is 44.2 Å². The number of rotatable bonds is 11. The Bertz CT molecular complexity index is 923. The van der Waals surface area contributed by atoms with E-state index in [-0.39, 0.29) is 31.3 Å². The van der Waals surface area contributed by atoms with Crippen LogP contribution in [0.5, 0.6) is 0 Å². The molecule has 1 aliphatic rings. The average molecular weight is 485 g/mol. The minimum Gasteiger partial charge on any atom is -0.746 e. The van der Waals surface area contributed by atoms with E-state index in [2.05, 4.69) is 16.0 Å². The predicted octanol–water partition coefficient (Wildman–Crippen LogP) is 0.202. The van der Waals surface area contributed by atoms with Crippen LogP contribution in [0.2, 0.25) is 0 Å². The molecule has 12 heteroatoms. The molecule has 1 heterocycles. The number of hydrogen-bond donors (Lipinski definition) is 4. The summed E-state index contributed by atoms with van der Waals surface area (Å²) in [7, 11) is -5.17. The summed E-state index contributed by atoms with van der Waals surface area (Å²) in [5.41, 5.74) is -1.70. The molecule has 3 amide bonds. The molecular weight excluding hydrogens is 454 g/mol. The van der Waals surface area contributed by atoms with Crippen molar-refractivity contribution in [3.05, 3.63) is 35.9 Å². The molecule has 0 radical (unpaired) electrons. The number of nitrogens with one attached hydrogen (secondary N) is 3. The molecule has 33 heavy (non-hydrogen) atoms. The number of aliphatic hydroxyl groups is 1. The summed E-state index contributed by atoms with van der Waals surface area (Å²) in [5, 5.41) is 17.4. The van der Waals surface area contributed by atoms with Crippen LogP contribution in [-0.4, -0.2) is 60.0 Å². The highest BCUT2D eigenvalue weighted by atomic mass is 32.2. The SMILES string of the molecule is CC(C)CC(NC(=O)OCc1ccccc1)C(=O)NC(CC1CCNC1=O)C(O)S(=O)(=O)[O-]. The standard InChI is InChI=1S/C21H31N3O8S/c1-13(2)10-16(24-21(28)32-12-14-6-4-3-5-7-14)19(26)23-17(20(27)33(29,30)31)11-15-8-9-22-18(15)25/h3-7,13,15-17,20,27H,8-12H2,1-2H3,(H,22,25)(H,23,26)(H,24,28)(H,29,30,31)/p-1. The van der Waals surface area contributed by atoms with Gasteiger partial charge in [0.15, 0.2) is 5.44 Å². The third-order valence-electron chi connectivity index (χ3n) is 5.20. The lowest BCUT2D eigenvalue weighted by Crippen LogP contribution is -2.55. The van der Waals surface area contributed by atoms with Crippen LogP contribution >= 0.6 is 0 Å². The van der Waals surface area contributed by atoms with Gasteiger partial charge in [0.05, 0.1) is 6.04 Å². The summed E-state index contributed by atoms with van der Waals surface area (Å²) in [6.07, 6.45) is -0.546. The van der Waals surface area contributed by atoms with E-state index < -0.39 is 45.6 Å². The molecule has 0 aliphatic carbocycles. The van der Waals surface area contributed by atoms with Crippen LogP contribution in [0.3, 0.4) is 0 Å². The molecule has 1 aromatic rings. The zero-order valence-electron chi connectivity index (χ0n) is 18.5. The molecule has 1 fully saturated rings. The Labute approximate surface area is 193 Å². The topological polar surface area (TPSA) is 174 Å². The normalized spacial score (nSPS) is 18.8. The summed E-state index contributed by atoms with van der Waals surface area (Å²) < 4.78 is 39.4. The Kier molecular flexibility index (Phi) is 9.62. The van der Waals surface area contributed by atoms with Crippen molar-refractivity contribution in [3.63, 3.8) is 0 Å². The van der Waals surface area contributed by atoms with Crippen molar-refractivity contribution in [2.24, 2.45) is 11.8 Å². The highest BCUT2D eigenvalue weighted by molar-refractivity contribution is 7.86. The fourth-order valence-corrected chi connectivity index (χ4v) is 4.10. The molecule has 4 atom stereocenters. The summed E-state index contributed by atoms with van der Waals surface area (Å²) in [5.74, 6) is -1.86. The predicted molar refractivity (Wildman–Crippen MR) is 116 cm³/mol. The maximum Gasteiger partial charge on any atom is 0.408 e. The third kappa shape index (κ3) is 8.63. The van der Waals surface area contributed by atoms with Gasteiger partial charge >= 0.3 is 6.09 Å². The third-order valence-corrected chi connectivity index (χ3v) is 6.12. The molecule has 2 rings (SSSR count). The Morgan fingerprint density at radius 1 is 1.24 bits per heavy atom. The first-order valence-corrected chi connectivity index (χ1v) is 12.1. The highest BCUT2D eigenvalue weighted by Crippen LogP contribution is 2.20. The lowest BCUT2D eigenvalue weighted by molar-refractivity contribution is -0.126. The van der Waals surface area contributed by atoms with Crippen LogP contribution < -0.4 is 16.0 Å². The fraction of sp³-hybridized carbons (Fsp3) is 0.571. The number of carbonyl (C=O) groups excluding carboxylic acids is 3. The Hall–Kier alpha value is -2.70. The second kappa shape index (κ2) is 12.0. The Balaban J connectivity index is 2.08. The van der Waals surface area contributed by atoms with Gasteiger partial charge < -0.3 is 30.3 Å². The number of ether oxygens (including phenoxy) is 1. The summed E-state index contributed by atoms with van der Waals surface area (Å²) >= 11 is 0. The van der Waals surface area contributed by atoms with Crippen LogP contribution in [0, 0.1) is 11.8 Å². The zero-order chi connectivity index (χ0) is 24.6. The van der Waals surface area contributed by atoms with Crippen LogP contribution in [-0.2, 0) is 31.1 Å². The van der Waals surface area contributed by atoms with Crippen molar-refractivity contribution in [2.75, 3.05) is 6.54 Å². The molecule has 184 valence electrons. The van der Waals surface area contributed by atoms with E-state index in [1.165, 1.54) is 0 Å². The van der Waals surface area contributed by atoms with Crippen molar-refractivity contribution in [3.8, 4) is 0 Å². The molecule has 4 unspecified atom stereocenters. The van der Waals surface area contributed by atoms with Gasteiger partial charge in [-0.05, 0) is 30.7 Å². The molecule has 0 spiro atoms. The van der Waals surface area contributed by atoms with E-state index in [1.807, 2.05) is 19.9 Å². The molecule has 0 saturated carbocycles. The van der Waals surface area contributed by atoms with Crippen LogP contribution in [0.25, 0.3) is 0 Å². The maximum atomic E-state index is 12.9. The first-order chi connectivity index (χ1) is 15.5. The van der Waals surface area contributed by atoms with E-state index in [4.69, 9.17) is 4.74 Å². The Morgan fingerprint density at radius 2 is 1.91 bits per heavy atom. The maximum absolute atomic E-state index is 12.9. The van der Waals surface area contributed by atoms with Gasteiger partial charge in [-0.25, -0.2) is 13.2 Å². The second-order valence-electron chi connectivity index (χ2n) is 8.40. The van der Waals surface area contributed by atoms with E-state index >= 15 is 0 Å². The van der Waals surface area contributed by atoms with Gasteiger partial charge in [0.25, 0.3) is 0 Å². The van der Waals surface area contributed by atoms with Gasteiger partial charge in [-0.2, -0.15) is 0 Å². The quantitative estimate of drug-likeness (QED) is 0.322. The van der Waals surface area contributed by atoms with Crippen molar-refractivity contribution in [1.29, 1.82) is 0 Å². The first-order valence-electron chi connectivity index (χ1n) is 10.7. The number of amides is 3. The van der Waals surface area contributed by atoms with Crippen LogP contribution in [0.15, 0.2) is 30.3 Å². The molecule has 0 bridgehead atoms. The number of hydrogen-bond acceptors (Lipinski definition) is 8. The summed E-state index contributed by atoms with van der Waals surface area (Å²) in [4.78, 5) is 37.0. The van der Waals surface area contributed by atoms with Gasteiger partial charge in [0.2, 0.25) is 11.8 Å². The van der Waals surface area contributed by atoms with Crippen molar-refractivity contribution < 1.29 is 37.2 Å². The molecule has 1 saturated heterocycles. The second-order valence-corrected chi connectivity index (χ2v) is 9.87. The monoisotopic (exact) mass is 484 g/mol. The number of aliphatic hydroxyl groups excluding tert-OH is 1. The molecule has 4 N–H and O–H groups in total. The van der Waals surface area contributed by atoms with Crippen molar-refractivity contribution >= 4 is 28.0 Å². The van der Waals surface area contributed by atoms with E-state index in [0.29, 0.717) is 13.0 Å². The smallest absolute Gasteiger partial charge is 0.408 e. The lowest BCUT2D eigenvalue weighted by Gasteiger charge is -2.29. The lowest BCUT2D eigenvalue weighted by atomic mass is 9.97. The molecule has 1 aromatic carbocycles. The van der Waals surface area contributed by atoms with E-state index in [9.17, 15) is 32.5 Å². The van der Waals surface area contributed by atoms with E-state index in [0.717, 1.165) is 5.56 Å².